The molecule has 1 saturated carbocycles. The lowest BCUT2D eigenvalue weighted by atomic mass is 10.00. The molecule has 1 aromatic rings. The summed E-state index contributed by atoms with van der Waals surface area (Å²) in [5.41, 5.74) is 2.64. The maximum Gasteiger partial charge on any atom is 0.0667 e. The normalized spacial score (nSPS) is 18.1. The minimum atomic E-state index is -0.183. The molecule has 2 heteroatoms. The van der Waals surface area contributed by atoms with E-state index in [0.717, 1.165) is 18.9 Å². The van der Waals surface area contributed by atoms with E-state index in [4.69, 9.17) is 0 Å². The standard InChI is InChI=1S/C16H25NO/c1-13-6-2-5-9-15(13)11-17-12-16(18)10-14-7-3-4-8-14/h2,5-6,9,14,16-18H,3-4,7-8,10-12H2,1H3. The van der Waals surface area contributed by atoms with Crippen LogP contribution in [0, 0.1) is 12.8 Å². The first-order chi connectivity index (χ1) is 8.75. The summed E-state index contributed by atoms with van der Waals surface area (Å²) in [6, 6.07) is 8.41. The van der Waals surface area contributed by atoms with Gasteiger partial charge in [-0.3, -0.25) is 0 Å². The zero-order valence-electron chi connectivity index (χ0n) is 11.4. The van der Waals surface area contributed by atoms with Crippen molar-refractivity contribution in [3.8, 4) is 0 Å². The zero-order chi connectivity index (χ0) is 12.8. The quantitative estimate of drug-likeness (QED) is 0.810. The van der Waals surface area contributed by atoms with Crippen LogP contribution in [0.5, 0.6) is 0 Å². The van der Waals surface area contributed by atoms with Crippen molar-refractivity contribution in [1.82, 2.24) is 5.32 Å². The molecule has 0 heterocycles. The summed E-state index contributed by atoms with van der Waals surface area (Å²) in [5.74, 6) is 0.764. The first-order valence-corrected chi connectivity index (χ1v) is 7.19. The summed E-state index contributed by atoms with van der Waals surface area (Å²) in [4.78, 5) is 0. The Bertz CT molecular complexity index is 358. The van der Waals surface area contributed by atoms with Crippen LogP contribution in [0.3, 0.4) is 0 Å². The molecule has 2 N–H and O–H groups in total. The fraction of sp³-hybridized carbons (Fsp3) is 0.625. The third kappa shape index (κ3) is 4.11. The highest BCUT2D eigenvalue weighted by Gasteiger charge is 2.18. The predicted octanol–water partition coefficient (Wildman–Crippen LogP) is 3.03. The van der Waals surface area contributed by atoms with Gasteiger partial charge in [0.1, 0.15) is 0 Å². The Labute approximate surface area is 110 Å². The van der Waals surface area contributed by atoms with E-state index in [1.165, 1.54) is 36.8 Å². The highest BCUT2D eigenvalue weighted by atomic mass is 16.3. The van der Waals surface area contributed by atoms with E-state index >= 15 is 0 Å². The highest BCUT2D eigenvalue weighted by Crippen LogP contribution is 2.28. The minimum absolute atomic E-state index is 0.183. The number of aliphatic hydroxyl groups is 1. The van der Waals surface area contributed by atoms with Gasteiger partial charge in [0.05, 0.1) is 6.10 Å². The number of hydrogen-bond acceptors (Lipinski definition) is 2. The van der Waals surface area contributed by atoms with Crippen LogP contribution in [-0.2, 0) is 6.54 Å². The molecule has 0 aromatic heterocycles. The molecular formula is C16H25NO. The molecule has 100 valence electrons. The number of aliphatic hydroxyl groups excluding tert-OH is 1. The van der Waals surface area contributed by atoms with Crippen molar-refractivity contribution in [2.75, 3.05) is 6.54 Å². The lowest BCUT2D eigenvalue weighted by molar-refractivity contribution is 0.140. The summed E-state index contributed by atoms with van der Waals surface area (Å²) in [6.07, 6.45) is 6.13. The van der Waals surface area contributed by atoms with Gasteiger partial charge in [-0.1, -0.05) is 49.9 Å². The highest BCUT2D eigenvalue weighted by molar-refractivity contribution is 5.25. The van der Waals surface area contributed by atoms with E-state index in [1.807, 2.05) is 0 Å². The van der Waals surface area contributed by atoms with E-state index in [-0.39, 0.29) is 6.10 Å². The lowest BCUT2D eigenvalue weighted by Crippen LogP contribution is -2.28. The molecule has 0 amide bonds. The van der Waals surface area contributed by atoms with Crippen molar-refractivity contribution >= 4 is 0 Å². The summed E-state index contributed by atoms with van der Waals surface area (Å²) in [5, 5.41) is 13.4. The van der Waals surface area contributed by atoms with Gasteiger partial charge in [-0.25, -0.2) is 0 Å². The van der Waals surface area contributed by atoms with Gasteiger partial charge in [-0.2, -0.15) is 0 Å². The zero-order valence-corrected chi connectivity index (χ0v) is 11.4. The maximum atomic E-state index is 9.99. The summed E-state index contributed by atoms with van der Waals surface area (Å²) < 4.78 is 0. The van der Waals surface area contributed by atoms with Gasteiger partial charge in [-0.05, 0) is 30.4 Å². The van der Waals surface area contributed by atoms with Crippen LogP contribution in [-0.4, -0.2) is 17.8 Å². The SMILES string of the molecule is Cc1ccccc1CNCC(O)CC1CCCC1. The topological polar surface area (TPSA) is 32.3 Å². The summed E-state index contributed by atoms with van der Waals surface area (Å²) in [7, 11) is 0. The lowest BCUT2D eigenvalue weighted by Gasteiger charge is -2.16. The Kier molecular flexibility index (Phi) is 5.21. The van der Waals surface area contributed by atoms with Crippen LogP contribution >= 0.6 is 0 Å². The van der Waals surface area contributed by atoms with Gasteiger partial charge >= 0.3 is 0 Å². The third-order valence-electron chi connectivity index (χ3n) is 4.04. The first kappa shape index (κ1) is 13.6. The molecule has 1 unspecified atom stereocenters. The van der Waals surface area contributed by atoms with Gasteiger partial charge in [0.2, 0.25) is 0 Å². The fourth-order valence-corrected chi connectivity index (χ4v) is 2.90. The second-order valence-corrected chi connectivity index (χ2v) is 5.60. The average Bonchev–Trinajstić information content (AvgIpc) is 2.84. The first-order valence-electron chi connectivity index (χ1n) is 7.19. The molecule has 1 aliphatic rings. The van der Waals surface area contributed by atoms with Gasteiger partial charge in [0, 0.05) is 13.1 Å². The Morgan fingerprint density at radius 2 is 2.00 bits per heavy atom. The molecular weight excluding hydrogens is 222 g/mol. The number of nitrogens with one attached hydrogen (secondary N) is 1. The molecule has 0 radical (unpaired) electrons. The molecule has 0 bridgehead atoms. The predicted molar refractivity (Wildman–Crippen MR) is 75.5 cm³/mol. The van der Waals surface area contributed by atoms with E-state index < -0.39 is 0 Å². The molecule has 2 rings (SSSR count). The fourth-order valence-electron chi connectivity index (χ4n) is 2.90. The van der Waals surface area contributed by atoms with Gasteiger partial charge in [0.15, 0.2) is 0 Å². The van der Waals surface area contributed by atoms with Crippen molar-refractivity contribution in [2.24, 2.45) is 5.92 Å². The second kappa shape index (κ2) is 6.91. The Balaban J connectivity index is 1.67. The molecule has 18 heavy (non-hydrogen) atoms. The average molecular weight is 247 g/mol. The van der Waals surface area contributed by atoms with Gasteiger partial charge < -0.3 is 10.4 Å². The van der Waals surface area contributed by atoms with Gasteiger partial charge in [0.25, 0.3) is 0 Å². The molecule has 0 spiro atoms. The van der Waals surface area contributed by atoms with Crippen molar-refractivity contribution in [3.05, 3.63) is 35.4 Å². The van der Waals surface area contributed by atoms with E-state index in [9.17, 15) is 5.11 Å². The molecule has 1 fully saturated rings. The smallest absolute Gasteiger partial charge is 0.0667 e. The van der Waals surface area contributed by atoms with E-state index in [1.54, 1.807) is 0 Å². The van der Waals surface area contributed by atoms with Crippen molar-refractivity contribution in [3.63, 3.8) is 0 Å². The molecule has 1 atom stereocenters. The van der Waals surface area contributed by atoms with Crippen molar-refractivity contribution < 1.29 is 5.11 Å². The van der Waals surface area contributed by atoms with E-state index in [2.05, 4.69) is 36.5 Å². The summed E-state index contributed by atoms with van der Waals surface area (Å²) >= 11 is 0. The number of aryl methyl sites for hydroxylation is 1. The molecule has 0 aliphatic heterocycles. The Morgan fingerprint density at radius 3 is 2.72 bits per heavy atom. The molecule has 2 nitrogen and oxygen atoms in total. The molecule has 1 aliphatic carbocycles. The van der Waals surface area contributed by atoms with Crippen LogP contribution in [0.1, 0.15) is 43.2 Å². The monoisotopic (exact) mass is 247 g/mol. The minimum Gasteiger partial charge on any atom is -0.392 e. The van der Waals surface area contributed by atoms with Crippen LogP contribution in [0.2, 0.25) is 0 Å². The van der Waals surface area contributed by atoms with Gasteiger partial charge in [-0.15, -0.1) is 0 Å². The number of benzene rings is 1. The Hall–Kier alpha value is -0.860. The maximum absolute atomic E-state index is 9.99. The summed E-state index contributed by atoms with van der Waals surface area (Å²) in [6.45, 7) is 3.70. The van der Waals surface area contributed by atoms with Crippen LogP contribution < -0.4 is 5.32 Å². The largest absolute Gasteiger partial charge is 0.392 e. The second-order valence-electron chi connectivity index (χ2n) is 5.60. The number of rotatable bonds is 6. The van der Waals surface area contributed by atoms with E-state index in [0.29, 0.717) is 6.54 Å². The van der Waals surface area contributed by atoms with Crippen molar-refractivity contribution in [2.45, 2.75) is 51.7 Å². The van der Waals surface area contributed by atoms with Crippen LogP contribution in [0.15, 0.2) is 24.3 Å². The Morgan fingerprint density at radius 1 is 1.28 bits per heavy atom. The van der Waals surface area contributed by atoms with Crippen molar-refractivity contribution in [1.29, 1.82) is 0 Å². The number of hydrogen-bond donors (Lipinski definition) is 2. The van der Waals surface area contributed by atoms with Crippen LogP contribution in [0.25, 0.3) is 0 Å². The molecule has 1 aromatic carbocycles. The third-order valence-corrected chi connectivity index (χ3v) is 4.04. The van der Waals surface area contributed by atoms with Crippen LogP contribution in [0.4, 0.5) is 0 Å². The molecule has 0 saturated heterocycles.